The summed E-state index contributed by atoms with van der Waals surface area (Å²) in [6.45, 7) is 8.76. The first-order chi connectivity index (χ1) is 9.38. The van der Waals surface area contributed by atoms with Gasteiger partial charge in [-0.2, -0.15) is 0 Å². The number of aliphatic hydroxyl groups is 1. The number of hydrogen-bond donors (Lipinski definition) is 2. The lowest BCUT2D eigenvalue weighted by atomic mass is 9.93. The van der Waals surface area contributed by atoms with E-state index in [1.54, 1.807) is 7.05 Å². The van der Waals surface area contributed by atoms with E-state index in [0.29, 0.717) is 18.4 Å². The van der Waals surface area contributed by atoms with Crippen molar-refractivity contribution in [2.24, 2.45) is 0 Å². The predicted molar refractivity (Wildman–Crippen MR) is 83.4 cm³/mol. The largest absolute Gasteiger partial charge is 0.395 e. The summed E-state index contributed by atoms with van der Waals surface area (Å²) in [4.78, 5) is 13.6. The number of rotatable bonds is 5. The third kappa shape index (κ3) is 3.97. The number of aliphatic hydroxyl groups excluding tert-OH is 1. The van der Waals surface area contributed by atoms with Gasteiger partial charge in [0, 0.05) is 19.3 Å². The zero-order chi connectivity index (χ0) is 15.3. The standard InChI is InChI=1S/C16H26N2O2/c1-11(2)13-7-6-8-14(12(3)4)15(13)17-16(20)18(5)9-10-19/h6-8,11-12,19H,9-10H2,1-5H3,(H,17,20). The number of nitrogens with zero attached hydrogens (tertiary/aromatic N) is 1. The second-order valence-electron chi connectivity index (χ2n) is 5.70. The third-order valence-corrected chi connectivity index (χ3v) is 3.39. The lowest BCUT2D eigenvalue weighted by molar-refractivity contribution is 0.202. The van der Waals surface area contributed by atoms with Gasteiger partial charge in [-0.05, 0) is 23.0 Å². The van der Waals surface area contributed by atoms with Crippen LogP contribution in [0.3, 0.4) is 0 Å². The second kappa shape index (κ2) is 7.29. The van der Waals surface area contributed by atoms with Crippen LogP contribution >= 0.6 is 0 Å². The van der Waals surface area contributed by atoms with E-state index in [9.17, 15) is 4.79 Å². The summed E-state index contributed by atoms with van der Waals surface area (Å²) in [6, 6.07) is 5.96. The van der Waals surface area contributed by atoms with Crippen molar-refractivity contribution in [1.82, 2.24) is 4.90 Å². The van der Waals surface area contributed by atoms with Gasteiger partial charge in [0.05, 0.1) is 6.61 Å². The van der Waals surface area contributed by atoms with Gasteiger partial charge >= 0.3 is 6.03 Å². The molecule has 0 aromatic heterocycles. The van der Waals surface area contributed by atoms with Crippen LogP contribution in [-0.2, 0) is 0 Å². The van der Waals surface area contributed by atoms with Crippen LogP contribution in [0.2, 0.25) is 0 Å². The van der Waals surface area contributed by atoms with Crippen molar-refractivity contribution >= 4 is 11.7 Å². The molecule has 0 atom stereocenters. The highest BCUT2D eigenvalue weighted by Gasteiger charge is 2.17. The van der Waals surface area contributed by atoms with Crippen molar-refractivity contribution in [3.8, 4) is 0 Å². The van der Waals surface area contributed by atoms with Crippen molar-refractivity contribution in [3.05, 3.63) is 29.3 Å². The molecule has 0 aliphatic rings. The van der Waals surface area contributed by atoms with Gasteiger partial charge in [0.2, 0.25) is 0 Å². The summed E-state index contributed by atoms with van der Waals surface area (Å²) < 4.78 is 0. The maximum atomic E-state index is 12.2. The molecule has 4 heteroatoms. The fraction of sp³-hybridized carbons (Fsp3) is 0.562. The number of anilines is 1. The number of nitrogens with one attached hydrogen (secondary N) is 1. The summed E-state index contributed by atoms with van der Waals surface area (Å²) in [5.41, 5.74) is 3.19. The summed E-state index contributed by atoms with van der Waals surface area (Å²) >= 11 is 0. The second-order valence-corrected chi connectivity index (χ2v) is 5.70. The molecule has 20 heavy (non-hydrogen) atoms. The Morgan fingerprint density at radius 3 is 2.10 bits per heavy atom. The molecule has 0 bridgehead atoms. The molecule has 1 rings (SSSR count). The molecule has 4 nitrogen and oxygen atoms in total. The number of carbonyl (C=O) groups is 1. The normalized spacial score (nSPS) is 11.0. The van der Waals surface area contributed by atoms with Gasteiger partial charge in [0.1, 0.15) is 0 Å². The van der Waals surface area contributed by atoms with E-state index in [0.717, 1.165) is 16.8 Å². The van der Waals surface area contributed by atoms with Gasteiger partial charge in [-0.1, -0.05) is 45.9 Å². The van der Waals surface area contributed by atoms with Gasteiger partial charge in [-0.15, -0.1) is 0 Å². The fourth-order valence-electron chi connectivity index (χ4n) is 2.15. The topological polar surface area (TPSA) is 52.6 Å². The Balaban J connectivity index is 3.11. The van der Waals surface area contributed by atoms with Crippen LogP contribution in [0, 0.1) is 0 Å². The summed E-state index contributed by atoms with van der Waals surface area (Å²) in [7, 11) is 1.68. The van der Waals surface area contributed by atoms with E-state index in [2.05, 4.69) is 45.1 Å². The van der Waals surface area contributed by atoms with Crippen molar-refractivity contribution < 1.29 is 9.90 Å². The van der Waals surface area contributed by atoms with E-state index in [1.807, 2.05) is 6.07 Å². The third-order valence-electron chi connectivity index (χ3n) is 3.39. The van der Waals surface area contributed by atoms with Crippen molar-refractivity contribution in [2.45, 2.75) is 39.5 Å². The molecule has 1 aromatic carbocycles. The smallest absolute Gasteiger partial charge is 0.321 e. The van der Waals surface area contributed by atoms with E-state index >= 15 is 0 Å². The van der Waals surface area contributed by atoms with E-state index in [4.69, 9.17) is 5.11 Å². The molecule has 0 radical (unpaired) electrons. The van der Waals surface area contributed by atoms with Crippen LogP contribution in [0.5, 0.6) is 0 Å². The van der Waals surface area contributed by atoms with Gasteiger partial charge in [-0.25, -0.2) is 4.79 Å². The molecule has 0 saturated carbocycles. The molecule has 2 N–H and O–H groups in total. The predicted octanol–water partition coefficient (Wildman–Crippen LogP) is 3.39. The van der Waals surface area contributed by atoms with Crippen molar-refractivity contribution in [3.63, 3.8) is 0 Å². The highest BCUT2D eigenvalue weighted by molar-refractivity contribution is 5.91. The Kier molecular flexibility index (Phi) is 6.02. The average Bonchev–Trinajstić information content (AvgIpc) is 2.38. The number of carbonyl (C=O) groups excluding carboxylic acids is 1. The number of hydrogen-bond acceptors (Lipinski definition) is 2. The maximum absolute atomic E-state index is 12.2. The molecule has 0 spiro atoms. The molecule has 0 aliphatic carbocycles. The van der Waals surface area contributed by atoms with Crippen LogP contribution in [0.25, 0.3) is 0 Å². The van der Waals surface area contributed by atoms with Crippen LogP contribution in [0.4, 0.5) is 10.5 Å². The lowest BCUT2D eigenvalue weighted by Crippen LogP contribution is -2.34. The summed E-state index contributed by atoms with van der Waals surface area (Å²) in [5.74, 6) is 0.680. The molecule has 0 fully saturated rings. The minimum Gasteiger partial charge on any atom is -0.395 e. The van der Waals surface area contributed by atoms with Gasteiger partial charge in [-0.3, -0.25) is 0 Å². The minimum absolute atomic E-state index is 0.0349. The van der Waals surface area contributed by atoms with Crippen LogP contribution in [-0.4, -0.2) is 36.2 Å². The average molecular weight is 278 g/mol. The Labute approximate surface area is 121 Å². The molecule has 0 heterocycles. The number of benzene rings is 1. The van der Waals surface area contributed by atoms with Crippen LogP contribution in [0.15, 0.2) is 18.2 Å². The Morgan fingerprint density at radius 1 is 1.20 bits per heavy atom. The summed E-state index contributed by atoms with van der Waals surface area (Å²) in [6.07, 6.45) is 0. The van der Waals surface area contributed by atoms with Crippen LogP contribution in [0.1, 0.15) is 50.7 Å². The van der Waals surface area contributed by atoms with Crippen molar-refractivity contribution in [2.75, 3.05) is 25.5 Å². The zero-order valence-corrected chi connectivity index (χ0v) is 13.1. The van der Waals surface area contributed by atoms with E-state index < -0.39 is 0 Å². The first kappa shape index (κ1) is 16.5. The van der Waals surface area contributed by atoms with E-state index in [1.165, 1.54) is 4.90 Å². The first-order valence-electron chi connectivity index (χ1n) is 7.14. The quantitative estimate of drug-likeness (QED) is 0.867. The number of likely N-dealkylation sites (N-methyl/N-ethyl adjacent to an activating group) is 1. The van der Waals surface area contributed by atoms with E-state index in [-0.39, 0.29) is 12.6 Å². The maximum Gasteiger partial charge on any atom is 0.321 e. The van der Waals surface area contributed by atoms with Gasteiger partial charge < -0.3 is 15.3 Å². The molecule has 2 amide bonds. The number of urea groups is 1. The number of amides is 2. The van der Waals surface area contributed by atoms with Crippen LogP contribution < -0.4 is 5.32 Å². The first-order valence-corrected chi connectivity index (χ1v) is 7.14. The highest BCUT2D eigenvalue weighted by Crippen LogP contribution is 2.32. The molecular formula is C16H26N2O2. The van der Waals surface area contributed by atoms with Gasteiger partial charge in [0.15, 0.2) is 0 Å². The SMILES string of the molecule is CC(C)c1cccc(C(C)C)c1NC(=O)N(C)CCO. The molecule has 0 unspecified atom stereocenters. The monoisotopic (exact) mass is 278 g/mol. The lowest BCUT2D eigenvalue weighted by Gasteiger charge is -2.23. The number of para-hydroxylation sites is 1. The molecule has 0 saturated heterocycles. The Morgan fingerprint density at radius 2 is 1.70 bits per heavy atom. The van der Waals surface area contributed by atoms with Crippen molar-refractivity contribution in [1.29, 1.82) is 0 Å². The Hall–Kier alpha value is -1.55. The molecule has 1 aromatic rings. The molecule has 0 aliphatic heterocycles. The molecule has 112 valence electrons. The molecular weight excluding hydrogens is 252 g/mol. The zero-order valence-electron chi connectivity index (χ0n) is 13.1. The van der Waals surface area contributed by atoms with Gasteiger partial charge in [0.25, 0.3) is 0 Å². The summed E-state index contributed by atoms with van der Waals surface area (Å²) in [5, 5.41) is 11.9. The highest BCUT2D eigenvalue weighted by atomic mass is 16.3. The Bertz CT molecular complexity index is 430. The minimum atomic E-state index is -0.186. The fourth-order valence-corrected chi connectivity index (χ4v) is 2.15.